The van der Waals surface area contributed by atoms with E-state index in [-0.39, 0.29) is 5.91 Å². The number of unbranched alkanes of at least 4 members (excludes halogenated alkanes) is 1. The zero-order valence-electron chi connectivity index (χ0n) is 17.1. The summed E-state index contributed by atoms with van der Waals surface area (Å²) in [6.07, 6.45) is 5.26. The predicted molar refractivity (Wildman–Crippen MR) is 116 cm³/mol. The molecule has 0 heterocycles. The van der Waals surface area contributed by atoms with Crippen molar-refractivity contribution in [3.05, 3.63) is 59.7 Å². The molecule has 28 heavy (non-hydrogen) atoms. The lowest BCUT2D eigenvalue weighted by molar-refractivity contribution is -0.116. The average Bonchev–Trinajstić information content (AvgIpc) is 2.67. The lowest BCUT2D eigenvalue weighted by atomic mass is 10.1. The van der Waals surface area contributed by atoms with Crippen LogP contribution >= 0.6 is 0 Å². The lowest BCUT2D eigenvalue weighted by Crippen LogP contribution is -2.45. The van der Waals surface area contributed by atoms with E-state index in [0.717, 1.165) is 41.8 Å². The van der Waals surface area contributed by atoms with Crippen molar-refractivity contribution in [2.24, 2.45) is 0 Å². The molecule has 5 nitrogen and oxygen atoms in total. The first-order chi connectivity index (χ1) is 13.3. The number of sulfonamides is 1. The summed E-state index contributed by atoms with van der Waals surface area (Å²) >= 11 is 0. The smallest absolute Gasteiger partial charge is 0.247 e. The number of carbonyl (C=O) groups excluding carboxylic acids is 1. The average molecular weight is 403 g/mol. The summed E-state index contributed by atoms with van der Waals surface area (Å²) in [4.78, 5) is 12.7. The molecule has 0 bridgehead atoms. The first-order valence-corrected chi connectivity index (χ1v) is 11.6. The third kappa shape index (κ3) is 5.83. The molecule has 0 aromatic heterocycles. The van der Waals surface area contributed by atoms with Gasteiger partial charge in [-0.25, -0.2) is 8.42 Å². The number of amides is 1. The van der Waals surface area contributed by atoms with E-state index < -0.39 is 16.1 Å². The van der Waals surface area contributed by atoms with Crippen LogP contribution in [0.3, 0.4) is 0 Å². The van der Waals surface area contributed by atoms with Gasteiger partial charge in [0.2, 0.25) is 15.9 Å². The van der Waals surface area contributed by atoms with Crippen LogP contribution in [0.25, 0.3) is 0 Å². The fourth-order valence-corrected chi connectivity index (χ4v) is 4.24. The van der Waals surface area contributed by atoms with Crippen LogP contribution in [0.2, 0.25) is 0 Å². The van der Waals surface area contributed by atoms with Crippen LogP contribution in [0.4, 0.5) is 11.4 Å². The molecule has 152 valence electrons. The molecule has 6 heteroatoms. The summed E-state index contributed by atoms with van der Waals surface area (Å²) in [6.45, 7) is 5.78. The van der Waals surface area contributed by atoms with E-state index in [0.29, 0.717) is 11.4 Å². The van der Waals surface area contributed by atoms with Crippen LogP contribution in [-0.2, 0) is 27.7 Å². The number of nitrogens with zero attached hydrogens (tertiary/aromatic N) is 1. The Balaban J connectivity index is 2.17. The van der Waals surface area contributed by atoms with Crippen molar-refractivity contribution in [3.63, 3.8) is 0 Å². The van der Waals surface area contributed by atoms with E-state index in [4.69, 9.17) is 0 Å². The molecular weight excluding hydrogens is 372 g/mol. The highest BCUT2D eigenvalue weighted by Crippen LogP contribution is 2.22. The lowest BCUT2D eigenvalue weighted by Gasteiger charge is -2.28. The summed E-state index contributed by atoms with van der Waals surface area (Å²) in [6, 6.07) is 14.1. The number of rotatable bonds is 9. The van der Waals surface area contributed by atoms with E-state index in [9.17, 15) is 13.2 Å². The second-order valence-electron chi connectivity index (χ2n) is 7.04. The molecule has 0 fully saturated rings. The first-order valence-electron chi connectivity index (χ1n) is 9.74. The van der Waals surface area contributed by atoms with Gasteiger partial charge in [-0.1, -0.05) is 44.5 Å². The standard InChI is InChI=1S/C22H30N2O3S/c1-5-7-8-19-9-13-20(14-10-19)23-22(25)17(3)24(28(4,26)27)21-15-11-18(6-2)12-16-21/h9-17H,5-8H2,1-4H3,(H,23,25)/t17-/m0/s1. The fourth-order valence-electron chi connectivity index (χ4n) is 3.07. The zero-order chi connectivity index (χ0) is 20.7. The molecule has 2 aromatic rings. The molecule has 0 spiro atoms. The third-order valence-corrected chi connectivity index (χ3v) is 5.97. The van der Waals surface area contributed by atoms with Gasteiger partial charge >= 0.3 is 0 Å². The van der Waals surface area contributed by atoms with Crippen molar-refractivity contribution in [3.8, 4) is 0 Å². The monoisotopic (exact) mass is 402 g/mol. The van der Waals surface area contributed by atoms with Crippen LogP contribution in [0.15, 0.2) is 48.5 Å². The van der Waals surface area contributed by atoms with Crippen molar-refractivity contribution < 1.29 is 13.2 Å². The maximum Gasteiger partial charge on any atom is 0.247 e. The molecule has 1 amide bonds. The van der Waals surface area contributed by atoms with Crippen molar-refractivity contribution in [1.82, 2.24) is 0 Å². The van der Waals surface area contributed by atoms with Crippen molar-refractivity contribution in [2.75, 3.05) is 15.9 Å². The predicted octanol–water partition coefficient (Wildman–Crippen LogP) is 4.38. The summed E-state index contributed by atoms with van der Waals surface area (Å²) in [7, 11) is -3.62. The van der Waals surface area contributed by atoms with E-state index in [2.05, 4.69) is 12.2 Å². The molecule has 0 unspecified atom stereocenters. The summed E-state index contributed by atoms with van der Waals surface area (Å²) in [5, 5.41) is 2.82. The Morgan fingerprint density at radius 3 is 2.07 bits per heavy atom. The van der Waals surface area contributed by atoms with E-state index >= 15 is 0 Å². The van der Waals surface area contributed by atoms with Gasteiger partial charge in [-0.3, -0.25) is 9.10 Å². The third-order valence-electron chi connectivity index (χ3n) is 4.73. The van der Waals surface area contributed by atoms with Gasteiger partial charge in [-0.2, -0.15) is 0 Å². The van der Waals surface area contributed by atoms with Gasteiger partial charge in [0.1, 0.15) is 6.04 Å². The summed E-state index contributed by atoms with van der Waals surface area (Å²) < 4.78 is 25.9. The maximum atomic E-state index is 12.7. The van der Waals surface area contributed by atoms with Gasteiger partial charge in [-0.15, -0.1) is 0 Å². The Bertz CT molecular complexity index is 875. The molecule has 1 N–H and O–H groups in total. The van der Waals surface area contributed by atoms with Gasteiger partial charge in [0, 0.05) is 5.69 Å². The second-order valence-corrected chi connectivity index (χ2v) is 8.90. The van der Waals surface area contributed by atoms with E-state index in [1.807, 2.05) is 43.3 Å². The minimum Gasteiger partial charge on any atom is -0.324 e. The van der Waals surface area contributed by atoms with Crippen LogP contribution in [-0.4, -0.2) is 26.6 Å². The van der Waals surface area contributed by atoms with Gasteiger partial charge in [0.15, 0.2) is 0 Å². The molecule has 2 aromatic carbocycles. The Labute approximate surface area is 168 Å². The van der Waals surface area contributed by atoms with Crippen LogP contribution < -0.4 is 9.62 Å². The highest BCUT2D eigenvalue weighted by molar-refractivity contribution is 7.92. The SMILES string of the molecule is CCCCc1ccc(NC(=O)[C@H](C)N(c2ccc(CC)cc2)S(C)(=O)=O)cc1. The van der Waals surface area contributed by atoms with Crippen LogP contribution in [0.1, 0.15) is 44.7 Å². The highest BCUT2D eigenvalue weighted by Gasteiger charge is 2.29. The molecule has 2 rings (SSSR count). The minimum atomic E-state index is -3.62. The fraction of sp³-hybridized carbons (Fsp3) is 0.409. The van der Waals surface area contributed by atoms with Gasteiger partial charge in [0.25, 0.3) is 0 Å². The first kappa shape index (κ1) is 22.0. The topological polar surface area (TPSA) is 66.5 Å². The zero-order valence-corrected chi connectivity index (χ0v) is 17.9. The molecule has 0 saturated carbocycles. The van der Waals surface area contributed by atoms with E-state index in [1.54, 1.807) is 19.1 Å². The molecule has 0 radical (unpaired) electrons. The van der Waals surface area contributed by atoms with E-state index in [1.165, 1.54) is 5.56 Å². The molecule has 0 aliphatic heterocycles. The molecule has 0 aliphatic carbocycles. The molecule has 0 aliphatic rings. The van der Waals surface area contributed by atoms with Crippen LogP contribution in [0.5, 0.6) is 0 Å². The molecule has 0 saturated heterocycles. The second kappa shape index (κ2) is 9.73. The number of carbonyl (C=O) groups is 1. The number of anilines is 2. The van der Waals surface area contributed by atoms with Crippen molar-refractivity contribution >= 4 is 27.3 Å². The Hall–Kier alpha value is -2.34. The molecular formula is C22H30N2O3S. The summed E-state index contributed by atoms with van der Waals surface area (Å²) in [5.74, 6) is -0.369. The highest BCUT2D eigenvalue weighted by atomic mass is 32.2. The largest absolute Gasteiger partial charge is 0.324 e. The van der Waals surface area contributed by atoms with Crippen LogP contribution in [0, 0.1) is 0 Å². The van der Waals surface area contributed by atoms with Crippen molar-refractivity contribution in [2.45, 2.75) is 52.5 Å². The Morgan fingerprint density at radius 2 is 1.57 bits per heavy atom. The number of nitrogens with one attached hydrogen (secondary N) is 1. The molecule has 1 atom stereocenters. The van der Waals surface area contributed by atoms with Crippen molar-refractivity contribution in [1.29, 1.82) is 0 Å². The maximum absolute atomic E-state index is 12.7. The van der Waals surface area contributed by atoms with Gasteiger partial charge in [-0.05, 0) is 61.6 Å². The quantitative estimate of drug-likeness (QED) is 0.677. The number of benzene rings is 2. The Kier molecular flexibility index (Phi) is 7.63. The Morgan fingerprint density at radius 1 is 1.00 bits per heavy atom. The number of hydrogen-bond donors (Lipinski definition) is 1. The van der Waals surface area contributed by atoms with Gasteiger partial charge in [0.05, 0.1) is 11.9 Å². The number of aryl methyl sites for hydroxylation is 2. The summed E-state index contributed by atoms with van der Waals surface area (Å²) in [5.41, 5.74) is 3.48. The normalized spacial score (nSPS) is 12.4. The van der Waals surface area contributed by atoms with Gasteiger partial charge < -0.3 is 5.32 Å². The number of hydrogen-bond acceptors (Lipinski definition) is 3. The minimum absolute atomic E-state index is 0.369.